The van der Waals surface area contributed by atoms with Crippen LogP contribution in [-0.4, -0.2) is 49.3 Å². The first-order chi connectivity index (χ1) is 4.95. The SMILES string of the molecule is C[N+](C)=C(N)NC(N)=[N+](C)C. The van der Waals surface area contributed by atoms with Gasteiger partial charge in [0, 0.05) is 0 Å². The molecule has 5 heteroatoms. The number of nitrogens with zero attached hydrogens (tertiary/aromatic N) is 2. The van der Waals surface area contributed by atoms with E-state index in [4.69, 9.17) is 11.5 Å². The molecule has 0 unspecified atom stereocenters. The van der Waals surface area contributed by atoms with Crippen LogP contribution in [0.15, 0.2) is 0 Å². The zero-order valence-corrected chi connectivity index (χ0v) is 7.55. The third kappa shape index (κ3) is 3.44. The normalized spacial score (nSPS) is 8.73. The standard InChI is InChI=1S/C6H15N5/c1-10(2)5(7)9-6(8)11(3)4/h1-4H3,(H3,7,8,9)/p+2. The lowest BCUT2D eigenvalue weighted by atomic mass is 10.8. The van der Waals surface area contributed by atoms with E-state index in [0.29, 0.717) is 11.9 Å². The minimum atomic E-state index is 0.524. The Labute approximate surface area is 67.0 Å². The van der Waals surface area contributed by atoms with Crippen LogP contribution in [0.1, 0.15) is 0 Å². The molecule has 0 spiro atoms. The fourth-order valence-corrected chi connectivity index (χ4v) is 0.355. The zero-order chi connectivity index (χ0) is 9.02. The lowest BCUT2D eigenvalue weighted by Gasteiger charge is -2.00. The van der Waals surface area contributed by atoms with Gasteiger partial charge < -0.3 is 0 Å². The van der Waals surface area contributed by atoms with Crippen LogP contribution in [0.3, 0.4) is 0 Å². The van der Waals surface area contributed by atoms with E-state index in [9.17, 15) is 0 Å². The van der Waals surface area contributed by atoms with Gasteiger partial charge in [0.1, 0.15) is 0 Å². The van der Waals surface area contributed by atoms with Gasteiger partial charge in [0.05, 0.1) is 28.2 Å². The monoisotopic (exact) mass is 159 g/mol. The Morgan fingerprint density at radius 3 is 1.36 bits per heavy atom. The van der Waals surface area contributed by atoms with Crippen LogP contribution in [0.25, 0.3) is 0 Å². The quantitative estimate of drug-likeness (QED) is 0.212. The molecular weight excluding hydrogens is 142 g/mol. The molecule has 0 aliphatic carbocycles. The molecule has 0 amide bonds. The molecule has 0 aromatic carbocycles. The average molecular weight is 159 g/mol. The Morgan fingerprint density at radius 2 is 1.18 bits per heavy atom. The minimum Gasteiger partial charge on any atom is -0.290 e. The number of guanidine groups is 2. The summed E-state index contributed by atoms with van der Waals surface area (Å²) in [6.45, 7) is 0. The lowest BCUT2D eigenvalue weighted by Crippen LogP contribution is -2.48. The van der Waals surface area contributed by atoms with Gasteiger partial charge in [0.15, 0.2) is 0 Å². The topological polar surface area (TPSA) is 70.1 Å². The Bertz CT molecular complexity index is 173. The van der Waals surface area contributed by atoms with Gasteiger partial charge in [0.2, 0.25) is 0 Å². The molecule has 11 heavy (non-hydrogen) atoms. The van der Waals surface area contributed by atoms with Crippen LogP contribution in [0, 0.1) is 0 Å². The van der Waals surface area contributed by atoms with E-state index < -0.39 is 0 Å². The first-order valence-corrected chi connectivity index (χ1v) is 3.31. The molecule has 0 aromatic heterocycles. The van der Waals surface area contributed by atoms with Crippen LogP contribution >= 0.6 is 0 Å². The van der Waals surface area contributed by atoms with Crippen molar-refractivity contribution < 1.29 is 9.15 Å². The third-order valence-corrected chi connectivity index (χ3v) is 1.22. The highest BCUT2D eigenvalue weighted by Crippen LogP contribution is 1.60. The second-order valence-electron chi connectivity index (χ2n) is 2.68. The molecular formula is C6H17N5+2. The van der Waals surface area contributed by atoms with Crippen LogP contribution in [0.2, 0.25) is 0 Å². The van der Waals surface area contributed by atoms with Crippen molar-refractivity contribution >= 4 is 11.9 Å². The molecule has 0 aromatic rings. The Kier molecular flexibility index (Phi) is 3.36. The van der Waals surface area contributed by atoms with E-state index in [1.165, 1.54) is 0 Å². The van der Waals surface area contributed by atoms with Crippen LogP contribution in [0.5, 0.6) is 0 Å². The largest absolute Gasteiger partial charge is 0.352 e. The molecule has 0 fully saturated rings. The molecule has 5 N–H and O–H groups in total. The molecule has 5 nitrogen and oxygen atoms in total. The summed E-state index contributed by atoms with van der Waals surface area (Å²) < 4.78 is 3.49. The molecule has 0 rings (SSSR count). The summed E-state index contributed by atoms with van der Waals surface area (Å²) in [6.07, 6.45) is 0. The second kappa shape index (κ2) is 3.80. The Balaban J connectivity index is 4.30. The fourth-order valence-electron chi connectivity index (χ4n) is 0.355. The first-order valence-electron chi connectivity index (χ1n) is 3.31. The summed E-state index contributed by atoms with van der Waals surface area (Å²) in [5.41, 5.74) is 11.1. The average Bonchev–Trinajstić information content (AvgIpc) is 1.87. The molecule has 0 atom stereocenters. The summed E-state index contributed by atoms with van der Waals surface area (Å²) in [7, 11) is 7.35. The van der Waals surface area contributed by atoms with Crippen LogP contribution < -0.4 is 16.8 Å². The third-order valence-electron chi connectivity index (χ3n) is 1.22. The summed E-state index contributed by atoms with van der Waals surface area (Å²) in [6, 6.07) is 0. The van der Waals surface area contributed by atoms with Gasteiger partial charge in [-0.25, -0.2) is 0 Å². The van der Waals surface area contributed by atoms with Crippen molar-refractivity contribution in [1.82, 2.24) is 5.32 Å². The van der Waals surface area contributed by atoms with Gasteiger partial charge in [0.25, 0.3) is 0 Å². The summed E-state index contributed by atoms with van der Waals surface area (Å²) >= 11 is 0. The molecule has 0 radical (unpaired) electrons. The Morgan fingerprint density at radius 1 is 0.909 bits per heavy atom. The maximum atomic E-state index is 5.56. The predicted octanol–water partition coefficient (Wildman–Crippen LogP) is -2.25. The molecule has 0 saturated heterocycles. The second-order valence-corrected chi connectivity index (χ2v) is 2.68. The summed E-state index contributed by atoms with van der Waals surface area (Å²) in [4.78, 5) is 0. The highest BCUT2D eigenvalue weighted by atomic mass is 15.3. The smallest absolute Gasteiger partial charge is 0.290 e. The number of hydrogen-bond donors (Lipinski definition) is 3. The van der Waals surface area contributed by atoms with Gasteiger partial charge in [-0.1, -0.05) is 0 Å². The van der Waals surface area contributed by atoms with E-state index in [1.807, 2.05) is 28.2 Å². The summed E-state index contributed by atoms with van der Waals surface area (Å²) in [5.74, 6) is 1.05. The van der Waals surface area contributed by atoms with Crippen molar-refractivity contribution in [3.05, 3.63) is 0 Å². The number of nitrogens with one attached hydrogen (secondary N) is 1. The molecule has 0 aliphatic heterocycles. The van der Waals surface area contributed by atoms with Crippen molar-refractivity contribution in [2.45, 2.75) is 0 Å². The van der Waals surface area contributed by atoms with Crippen molar-refractivity contribution in [3.63, 3.8) is 0 Å². The molecule has 0 bridgehead atoms. The molecule has 0 saturated carbocycles. The predicted molar refractivity (Wildman–Crippen MR) is 45.7 cm³/mol. The van der Waals surface area contributed by atoms with E-state index in [-0.39, 0.29) is 0 Å². The minimum absolute atomic E-state index is 0.524. The maximum Gasteiger partial charge on any atom is 0.352 e. The van der Waals surface area contributed by atoms with E-state index in [1.54, 1.807) is 9.15 Å². The van der Waals surface area contributed by atoms with Crippen molar-refractivity contribution in [1.29, 1.82) is 0 Å². The molecule has 0 heterocycles. The van der Waals surface area contributed by atoms with E-state index in [0.717, 1.165) is 0 Å². The fraction of sp³-hybridized carbons (Fsp3) is 0.667. The number of rotatable bonds is 0. The van der Waals surface area contributed by atoms with Gasteiger partial charge in [-0.05, 0) is 0 Å². The molecule has 64 valence electrons. The molecule has 0 aliphatic rings. The van der Waals surface area contributed by atoms with Gasteiger partial charge >= 0.3 is 11.9 Å². The van der Waals surface area contributed by atoms with E-state index >= 15 is 0 Å². The van der Waals surface area contributed by atoms with Crippen molar-refractivity contribution in [3.8, 4) is 0 Å². The Hall–Kier alpha value is -1.26. The van der Waals surface area contributed by atoms with Gasteiger partial charge in [-0.15, -0.1) is 0 Å². The number of hydrogen-bond acceptors (Lipinski definition) is 0. The van der Waals surface area contributed by atoms with Crippen molar-refractivity contribution in [2.75, 3.05) is 28.2 Å². The maximum absolute atomic E-state index is 5.56. The van der Waals surface area contributed by atoms with E-state index in [2.05, 4.69) is 5.32 Å². The van der Waals surface area contributed by atoms with Crippen LogP contribution in [-0.2, 0) is 0 Å². The van der Waals surface area contributed by atoms with Crippen molar-refractivity contribution in [2.24, 2.45) is 11.5 Å². The highest BCUT2D eigenvalue weighted by Gasteiger charge is 2.06. The lowest BCUT2D eigenvalue weighted by molar-refractivity contribution is -0.474. The first kappa shape index (κ1) is 9.74. The van der Waals surface area contributed by atoms with Gasteiger partial charge in [-0.2, -0.15) is 5.32 Å². The zero-order valence-electron chi connectivity index (χ0n) is 7.55. The number of nitrogens with two attached hydrogens (primary N) is 2. The van der Waals surface area contributed by atoms with Crippen LogP contribution in [0.4, 0.5) is 0 Å². The van der Waals surface area contributed by atoms with Gasteiger partial charge in [-0.3, -0.25) is 20.6 Å². The summed E-state index contributed by atoms with van der Waals surface area (Å²) in [5, 5.41) is 2.82. The highest BCUT2D eigenvalue weighted by molar-refractivity contribution is 5.92.